The predicted octanol–water partition coefficient (Wildman–Crippen LogP) is 4.93. The number of benzene rings is 2. The van der Waals surface area contributed by atoms with Crippen LogP contribution in [0.2, 0.25) is 0 Å². The second-order valence-electron chi connectivity index (χ2n) is 7.36. The van der Waals surface area contributed by atoms with Crippen molar-refractivity contribution in [3.05, 3.63) is 101 Å². The van der Waals surface area contributed by atoms with Crippen LogP contribution >= 0.6 is 11.3 Å². The highest BCUT2D eigenvalue weighted by Gasteiger charge is 2.35. The monoisotopic (exact) mass is 484 g/mol. The van der Waals surface area contributed by atoms with E-state index in [1.165, 1.54) is 35.6 Å². The van der Waals surface area contributed by atoms with Crippen LogP contribution < -0.4 is 10.6 Å². The van der Waals surface area contributed by atoms with Crippen molar-refractivity contribution in [2.75, 3.05) is 5.32 Å². The molecule has 0 radical (unpaired) electrons. The summed E-state index contributed by atoms with van der Waals surface area (Å²) in [4.78, 5) is 26.1. The fourth-order valence-corrected chi connectivity index (χ4v) is 3.96. The van der Waals surface area contributed by atoms with Gasteiger partial charge in [0.1, 0.15) is 11.7 Å². The summed E-state index contributed by atoms with van der Waals surface area (Å²) in [5.74, 6) is -0.809. The molecule has 0 aliphatic heterocycles. The number of halogens is 3. The van der Waals surface area contributed by atoms with Gasteiger partial charge in [-0.25, -0.2) is 4.68 Å². The van der Waals surface area contributed by atoms with Crippen molar-refractivity contribution in [2.24, 2.45) is 0 Å². The van der Waals surface area contributed by atoms with E-state index in [4.69, 9.17) is 0 Å². The molecule has 1 atom stereocenters. The minimum absolute atomic E-state index is 0.196. The Balaban J connectivity index is 1.50. The largest absolute Gasteiger partial charge is 0.433 e. The van der Waals surface area contributed by atoms with Crippen LogP contribution in [0.3, 0.4) is 0 Å². The van der Waals surface area contributed by atoms with Gasteiger partial charge < -0.3 is 10.6 Å². The van der Waals surface area contributed by atoms with Crippen LogP contribution in [0.4, 0.5) is 18.9 Å². The molecule has 4 aromatic rings. The minimum atomic E-state index is -4.55. The number of nitrogens with one attached hydrogen (secondary N) is 2. The van der Waals surface area contributed by atoms with Crippen molar-refractivity contribution in [1.82, 2.24) is 15.1 Å². The lowest BCUT2D eigenvalue weighted by atomic mass is 10.0. The van der Waals surface area contributed by atoms with E-state index in [2.05, 4.69) is 15.7 Å². The van der Waals surface area contributed by atoms with Crippen LogP contribution in [0.1, 0.15) is 20.9 Å². The Morgan fingerprint density at radius 1 is 0.971 bits per heavy atom. The van der Waals surface area contributed by atoms with Gasteiger partial charge in [-0.3, -0.25) is 9.59 Å². The van der Waals surface area contributed by atoms with Gasteiger partial charge in [-0.2, -0.15) is 18.3 Å². The first-order valence-corrected chi connectivity index (χ1v) is 11.1. The Hall–Kier alpha value is -3.92. The number of rotatable bonds is 7. The molecule has 0 saturated heterocycles. The maximum atomic E-state index is 13.1. The van der Waals surface area contributed by atoms with E-state index in [0.717, 1.165) is 22.5 Å². The molecule has 174 valence electrons. The molecule has 34 heavy (non-hydrogen) atoms. The Morgan fingerprint density at radius 2 is 1.71 bits per heavy atom. The zero-order chi connectivity index (χ0) is 24.1. The van der Waals surface area contributed by atoms with Crippen LogP contribution in [0, 0.1) is 0 Å². The number of aromatic nitrogens is 2. The van der Waals surface area contributed by atoms with Crippen LogP contribution in [0.25, 0.3) is 5.69 Å². The summed E-state index contributed by atoms with van der Waals surface area (Å²) >= 11 is 1.27. The van der Waals surface area contributed by atoms with E-state index < -0.39 is 23.8 Å². The predicted molar refractivity (Wildman–Crippen MR) is 123 cm³/mol. The van der Waals surface area contributed by atoms with Gasteiger partial charge in [-0.1, -0.05) is 36.4 Å². The molecule has 2 aromatic heterocycles. The van der Waals surface area contributed by atoms with Crippen LogP contribution in [-0.2, 0) is 17.4 Å². The fraction of sp³-hybridized carbons (Fsp3) is 0.125. The average Bonchev–Trinajstić information content (AvgIpc) is 3.52. The van der Waals surface area contributed by atoms with Crippen LogP contribution in [0.15, 0.2) is 84.4 Å². The molecule has 0 bridgehead atoms. The zero-order valence-corrected chi connectivity index (χ0v) is 18.4. The van der Waals surface area contributed by atoms with Crippen molar-refractivity contribution in [1.29, 1.82) is 0 Å². The molecule has 0 aliphatic carbocycles. The van der Waals surface area contributed by atoms with Gasteiger partial charge in [-0.05, 0) is 47.3 Å². The number of alkyl halides is 3. The fourth-order valence-electron chi connectivity index (χ4n) is 3.34. The maximum absolute atomic E-state index is 13.1. The van der Waals surface area contributed by atoms with E-state index in [1.54, 1.807) is 17.5 Å². The molecule has 0 fully saturated rings. The highest BCUT2D eigenvalue weighted by Crippen LogP contribution is 2.30. The van der Waals surface area contributed by atoms with Crippen molar-refractivity contribution in [3.8, 4) is 5.69 Å². The number of amides is 2. The van der Waals surface area contributed by atoms with Crippen molar-refractivity contribution in [2.45, 2.75) is 18.6 Å². The van der Waals surface area contributed by atoms with E-state index in [0.29, 0.717) is 10.6 Å². The number of thiophene rings is 1. The van der Waals surface area contributed by atoms with Gasteiger partial charge in [0.25, 0.3) is 5.91 Å². The normalized spacial score (nSPS) is 12.2. The maximum Gasteiger partial charge on any atom is 0.433 e. The average molecular weight is 485 g/mol. The summed E-state index contributed by atoms with van der Waals surface area (Å²) in [7, 11) is 0. The summed E-state index contributed by atoms with van der Waals surface area (Å²) in [5.41, 5.74) is 0.534. The Labute approximate surface area is 197 Å². The highest BCUT2D eigenvalue weighted by atomic mass is 32.1. The molecule has 2 aromatic carbocycles. The summed E-state index contributed by atoms with van der Waals surface area (Å²) in [6, 6.07) is 18.5. The number of nitrogens with zero attached hydrogens (tertiary/aromatic N) is 2. The van der Waals surface area contributed by atoms with Crippen LogP contribution in [0.5, 0.6) is 0 Å². The molecule has 0 saturated carbocycles. The Kier molecular flexibility index (Phi) is 6.78. The second kappa shape index (κ2) is 9.92. The molecule has 0 spiro atoms. The first kappa shape index (κ1) is 23.2. The smallest absolute Gasteiger partial charge is 0.339 e. The SMILES string of the molecule is O=C(NC(Cc1ccccc1)C(=O)Nc1ccc(-n2nccc2C(F)(F)F)cc1)c1cccs1. The number of anilines is 1. The number of hydrogen-bond donors (Lipinski definition) is 2. The molecular weight excluding hydrogens is 465 g/mol. The van der Waals surface area contributed by atoms with Gasteiger partial charge >= 0.3 is 6.18 Å². The lowest BCUT2D eigenvalue weighted by molar-refractivity contribution is -0.142. The van der Waals surface area contributed by atoms with E-state index >= 15 is 0 Å². The van der Waals surface area contributed by atoms with Gasteiger partial charge in [0.05, 0.1) is 16.8 Å². The van der Waals surface area contributed by atoms with Crippen LogP contribution in [-0.4, -0.2) is 27.6 Å². The topological polar surface area (TPSA) is 76.0 Å². The van der Waals surface area contributed by atoms with Crippen molar-refractivity contribution < 1.29 is 22.8 Å². The Morgan fingerprint density at radius 3 is 2.35 bits per heavy atom. The zero-order valence-electron chi connectivity index (χ0n) is 17.6. The molecule has 0 aliphatic rings. The molecule has 4 rings (SSSR count). The summed E-state index contributed by atoms with van der Waals surface area (Å²) in [6.07, 6.45) is -3.21. The number of carbonyl (C=O) groups is 2. The summed E-state index contributed by atoms with van der Waals surface area (Å²) in [6.45, 7) is 0. The van der Waals surface area contributed by atoms with E-state index in [1.807, 2.05) is 30.3 Å². The Bertz CT molecular complexity index is 1250. The van der Waals surface area contributed by atoms with E-state index in [-0.39, 0.29) is 18.0 Å². The van der Waals surface area contributed by atoms with E-state index in [9.17, 15) is 22.8 Å². The lowest BCUT2D eigenvalue weighted by Crippen LogP contribution is -2.45. The summed E-state index contributed by atoms with van der Waals surface area (Å²) in [5, 5.41) is 11.0. The minimum Gasteiger partial charge on any atom is -0.339 e. The van der Waals surface area contributed by atoms with Crippen molar-refractivity contribution >= 4 is 28.8 Å². The first-order valence-electron chi connectivity index (χ1n) is 10.2. The number of hydrogen-bond acceptors (Lipinski definition) is 4. The molecule has 2 amide bonds. The first-order chi connectivity index (χ1) is 16.3. The second-order valence-corrected chi connectivity index (χ2v) is 8.30. The number of carbonyl (C=O) groups excluding carboxylic acids is 2. The molecule has 2 heterocycles. The standard InChI is InChI=1S/C24H19F3N4O2S/c25-24(26,27)21-12-13-28-31(21)18-10-8-17(9-11-18)29-22(32)19(15-16-5-2-1-3-6-16)30-23(33)20-7-4-14-34-20/h1-14,19H,15H2,(H,29,32)(H,30,33). The third kappa shape index (κ3) is 5.52. The molecule has 2 N–H and O–H groups in total. The van der Waals surface area contributed by atoms with Gasteiger partial charge in [0, 0.05) is 12.1 Å². The van der Waals surface area contributed by atoms with Gasteiger partial charge in [0.15, 0.2) is 0 Å². The lowest BCUT2D eigenvalue weighted by Gasteiger charge is -2.19. The quantitative estimate of drug-likeness (QED) is 0.391. The molecule has 1 unspecified atom stereocenters. The third-order valence-corrected chi connectivity index (χ3v) is 5.83. The molecule has 10 heteroatoms. The molecular formula is C24H19F3N4O2S. The third-order valence-electron chi connectivity index (χ3n) is 4.96. The highest BCUT2D eigenvalue weighted by molar-refractivity contribution is 7.12. The van der Waals surface area contributed by atoms with Gasteiger partial charge in [0.2, 0.25) is 5.91 Å². The van der Waals surface area contributed by atoms with Crippen molar-refractivity contribution in [3.63, 3.8) is 0 Å². The van der Waals surface area contributed by atoms with Gasteiger partial charge in [-0.15, -0.1) is 11.3 Å². The summed E-state index contributed by atoms with van der Waals surface area (Å²) < 4.78 is 40.2. The molecule has 6 nitrogen and oxygen atoms in total.